The van der Waals surface area contributed by atoms with Crippen LogP contribution in [0.4, 0.5) is 0 Å². The lowest BCUT2D eigenvalue weighted by Crippen LogP contribution is -2.43. The molecular weight excluding hydrogens is 234 g/mol. The summed E-state index contributed by atoms with van der Waals surface area (Å²) < 4.78 is 5.69. The summed E-state index contributed by atoms with van der Waals surface area (Å²) in [5.74, 6) is -0.114. The summed E-state index contributed by atoms with van der Waals surface area (Å²) in [5.41, 5.74) is -0.369. The minimum Gasteiger partial charge on any atom is -0.460 e. The fraction of sp³-hybridized carbons (Fsp3) is 0.923. The topological polar surface area (TPSA) is 38.3 Å². The van der Waals surface area contributed by atoms with Crippen LogP contribution < -0.4 is 5.32 Å². The third-order valence-electron chi connectivity index (χ3n) is 3.07. The predicted molar refractivity (Wildman–Crippen MR) is 73.4 cm³/mol. The second-order valence-electron chi connectivity index (χ2n) is 5.75. The highest BCUT2D eigenvalue weighted by atomic mass is 32.2. The fourth-order valence-electron chi connectivity index (χ4n) is 1.92. The van der Waals surface area contributed by atoms with E-state index in [1.54, 1.807) is 0 Å². The highest BCUT2D eigenvalue weighted by molar-refractivity contribution is 8.00. The van der Waals surface area contributed by atoms with E-state index in [2.05, 4.69) is 11.6 Å². The molecule has 1 N–H and O–H groups in total. The summed E-state index contributed by atoms with van der Waals surface area (Å²) in [4.78, 5) is 11.5. The van der Waals surface area contributed by atoms with Crippen LogP contribution in [0.1, 0.15) is 46.5 Å². The van der Waals surface area contributed by atoms with Crippen molar-refractivity contribution >= 4 is 17.7 Å². The van der Waals surface area contributed by atoms with Gasteiger partial charge in [-0.2, -0.15) is 11.8 Å². The standard InChI is InChI=1S/C13H25NO2S/c1-12(2,3)16-11(15)6-9-14-10-13(17-4)7-5-8-13/h14H,5-10H2,1-4H3. The molecule has 0 unspecified atom stereocenters. The second-order valence-corrected chi connectivity index (χ2v) is 7.03. The van der Waals surface area contributed by atoms with E-state index in [1.165, 1.54) is 19.3 Å². The first-order valence-corrected chi connectivity index (χ1v) is 7.57. The van der Waals surface area contributed by atoms with Crippen LogP contribution in [0, 0.1) is 0 Å². The maximum atomic E-state index is 11.5. The van der Waals surface area contributed by atoms with E-state index in [0.717, 1.165) is 13.1 Å². The van der Waals surface area contributed by atoms with Gasteiger partial charge in [0.15, 0.2) is 0 Å². The number of hydrogen-bond acceptors (Lipinski definition) is 4. The number of hydrogen-bond donors (Lipinski definition) is 1. The second kappa shape index (κ2) is 6.10. The number of carbonyl (C=O) groups is 1. The molecule has 0 aromatic heterocycles. The maximum absolute atomic E-state index is 11.5. The van der Waals surface area contributed by atoms with E-state index in [-0.39, 0.29) is 11.6 Å². The van der Waals surface area contributed by atoms with E-state index in [1.807, 2.05) is 32.5 Å². The first kappa shape index (κ1) is 14.8. The van der Waals surface area contributed by atoms with Crippen molar-refractivity contribution in [3.63, 3.8) is 0 Å². The molecule has 1 aliphatic carbocycles. The molecule has 0 aromatic rings. The summed E-state index contributed by atoms with van der Waals surface area (Å²) in [6.45, 7) is 7.43. The molecule has 0 saturated heterocycles. The van der Waals surface area contributed by atoms with Crippen molar-refractivity contribution in [2.75, 3.05) is 19.3 Å². The third-order valence-corrected chi connectivity index (χ3v) is 4.49. The van der Waals surface area contributed by atoms with Gasteiger partial charge in [-0.15, -0.1) is 0 Å². The molecule has 1 aliphatic rings. The Labute approximate surface area is 109 Å². The van der Waals surface area contributed by atoms with Crippen LogP contribution in [0.3, 0.4) is 0 Å². The van der Waals surface area contributed by atoms with Gasteiger partial charge in [0.05, 0.1) is 6.42 Å². The Morgan fingerprint density at radius 3 is 2.47 bits per heavy atom. The van der Waals surface area contributed by atoms with E-state index in [4.69, 9.17) is 4.74 Å². The maximum Gasteiger partial charge on any atom is 0.307 e. The Morgan fingerprint density at radius 2 is 2.06 bits per heavy atom. The third kappa shape index (κ3) is 5.30. The average Bonchev–Trinajstić information content (AvgIpc) is 2.13. The van der Waals surface area contributed by atoms with Crippen molar-refractivity contribution < 1.29 is 9.53 Å². The van der Waals surface area contributed by atoms with Gasteiger partial charge in [0.1, 0.15) is 5.60 Å². The van der Waals surface area contributed by atoms with Gasteiger partial charge in [0, 0.05) is 17.8 Å². The summed E-state index contributed by atoms with van der Waals surface area (Å²) >= 11 is 1.95. The van der Waals surface area contributed by atoms with E-state index >= 15 is 0 Å². The zero-order chi connectivity index (χ0) is 12.9. The van der Waals surface area contributed by atoms with Gasteiger partial charge in [-0.1, -0.05) is 6.42 Å². The Balaban J connectivity index is 2.10. The van der Waals surface area contributed by atoms with Crippen LogP contribution in [0.2, 0.25) is 0 Å². The summed E-state index contributed by atoms with van der Waals surface area (Å²) in [6.07, 6.45) is 6.58. The summed E-state index contributed by atoms with van der Waals surface area (Å²) in [6, 6.07) is 0. The molecule has 17 heavy (non-hydrogen) atoms. The van der Waals surface area contributed by atoms with Crippen molar-refractivity contribution in [3.05, 3.63) is 0 Å². The average molecular weight is 259 g/mol. The van der Waals surface area contributed by atoms with Gasteiger partial charge < -0.3 is 10.1 Å². The molecule has 0 radical (unpaired) electrons. The first-order valence-electron chi connectivity index (χ1n) is 6.35. The van der Waals surface area contributed by atoms with Gasteiger partial charge in [-0.25, -0.2) is 0 Å². The van der Waals surface area contributed by atoms with E-state index < -0.39 is 0 Å². The number of rotatable bonds is 6. The van der Waals surface area contributed by atoms with Crippen LogP contribution in [-0.2, 0) is 9.53 Å². The molecular formula is C13H25NO2S. The monoisotopic (exact) mass is 259 g/mol. The van der Waals surface area contributed by atoms with Gasteiger partial charge in [-0.3, -0.25) is 4.79 Å². The Hall–Kier alpha value is -0.220. The molecule has 0 bridgehead atoms. The normalized spacial score (nSPS) is 18.6. The molecule has 0 aliphatic heterocycles. The van der Waals surface area contributed by atoms with Gasteiger partial charge >= 0.3 is 5.97 Å². The molecule has 1 fully saturated rings. The highest BCUT2D eigenvalue weighted by Crippen LogP contribution is 2.42. The summed E-state index contributed by atoms with van der Waals surface area (Å²) in [5, 5.41) is 3.37. The number of carbonyl (C=O) groups excluding carboxylic acids is 1. The van der Waals surface area contributed by atoms with E-state index in [9.17, 15) is 4.79 Å². The molecule has 0 spiro atoms. The number of nitrogens with one attached hydrogen (secondary N) is 1. The lowest BCUT2D eigenvalue weighted by molar-refractivity contribution is -0.154. The smallest absolute Gasteiger partial charge is 0.307 e. The Kier molecular flexibility index (Phi) is 5.32. The quantitative estimate of drug-likeness (QED) is 0.588. The van der Waals surface area contributed by atoms with Crippen molar-refractivity contribution in [2.45, 2.75) is 56.8 Å². The number of esters is 1. The first-order chi connectivity index (χ1) is 7.87. The van der Waals surface area contributed by atoms with Crippen LogP contribution in [0.15, 0.2) is 0 Å². The molecule has 1 saturated carbocycles. The Morgan fingerprint density at radius 1 is 1.41 bits per heavy atom. The van der Waals surface area contributed by atoms with Crippen molar-refractivity contribution in [3.8, 4) is 0 Å². The van der Waals surface area contributed by atoms with E-state index in [0.29, 0.717) is 11.2 Å². The molecule has 1 rings (SSSR count). The molecule has 100 valence electrons. The zero-order valence-electron chi connectivity index (χ0n) is 11.5. The highest BCUT2D eigenvalue weighted by Gasteiger charge is 2.35. The fourth-order valence-corrected chi connectivity index (χ4v) is 2.87. The molecule has 0 atom stereocenters. The van der Waals surface area contributed by atoms with Crippen LogP contribution in [0.25, 0.3) is 0 Å². The van der Waals surface area contributed by atoms with Crippen molar-refractivity contribution in [2.24, 2.45) is 0 Å². The van der Waals surface area contributed by atoms with Crippen molar-refractivity contribution in [1.29, 1.82) is 0 Å². The molecule has 0 aromatic carbocycles. The molecule has 4 heteroatoms. The number of thioether (sulfide) groups is 1. The molecule has 0 heterocycles. The molecule has 0 amide bonds. The zero-order valence-corrected chi connectivity index (χ0v) is 12.3. The van der Waals surface area contributed by atoms with Crippen LogP contribution in [0.5, 0.6) is 0 Å². The van der Waals surface area contributed by atoms with Crippen molar-refractivity contribution in [1.82, 2.24) is 5.32 Å². The molecule has 3 nitrogen and oxygen atoms in total. The minimum absolute atomic E-state index is 0.114. The van der Waals surface area contributed by atoms with Gasteiger partial charge in [-0.05, 0) is 39.9 Å². The largest absolute Gasteiger partial charge is 0.460 e. The lowest BCUT2D eigenvalue weighted by atomic mass is 9.84. The SMILES string of the molecule is CSC1(CNCCC(=O)OC(C)(C)C)CCC1. The number of ether oxygens (including phenoxy) is 1. The minimum atomic E-state index is -0.369. The lowest BCUT2D eigenvalue weighted by Gasteiger charge is -2.40. The summed E-state index contributed by atoms with van der Waals surface area (Å²) in [7, 11) is 0. The van der Waals surface area contributed by atoms with Gasteiger partial charge in [0.2, 0.25) is 0 Å². The van der Waals surface area contributed by atoms with Crippen LogP contribution >= 0.6 is 11.8 Å². The van der Waals surface area contributed by atoms with Crippen LogP contribution in [-0.4, -0.2) is 35.7 Å². The Bertz CT molecular complexity index is 251. The predicted octanol–water partition coefficient (Wildman–Crippen LogP) is 2.59. The van der Waals surface area contributed by atoms with Gasteiger partial charge in [0.25, 0.3) is 0 Å².